The number of ether oxygens (including phenoxy) is 2. The predicted octanol–water partition coefficient (Wildman–Crippen LogP) is 4.76. The fourth-order valence-corrected chi connectivity index (χ4v) is 3.65. The zero-order valence-electron chi connectivity index (χ0n) is 16.1. The number of carbonyl (C=O) groups is 1. The third kappa shape index (κ3) is 3.34. The van der Waals surface area contributed by atoms with E-state index in [1.165, 1.54) is 0 Å². The van der Waals surface area contributed by atoms with Crippen LogP contribution < -0.4 is 0 Å². The molecule has 0 heterocycles. The van der Waals surface area contributed by atoms with Gasteiger partial charge in [0.05, 0.1) is 6.61 Å². The molecule has 0 aliphatic heterocycles. The fourth-order valence-electron chi connectivity index (χ4n) is 3.65. The first kappa shape index (κ1) is 19.2. The zero-order valence-corrected chi connectivity index (χ0v) is 16.1. The maximum absolute atomic E-state index is 13.3. The molecule has 3 heteroatoms. The molecule has 0 fully saturated rings. The van der Waals surface area contributed by atoms with Gasteiger partial charge in [-0.25, -0.2) is 4.79 Å². The van der Waals surface area contributed by atoms with Gasteiger partial charge in [0.15, 0.2) is 0 Å². The van der Waals surface area contributed by atoms with E-state index in [1.807, 2.05) is 71.0 Å². The van der Waals surface area contributed by atoms with Crippen LogP contribution in [0.4, 0.5) is 0 Å². The van der Waals surface area contributed by atoms with E-state index in [4.69, 9.17) is 9.47 Å². The summed E-state index contributed by atoms with van der Waals surface area (Å²) in [4.78, 5) is 13.3. The quantitative estimate of drug-likeness (QED) is 0.711. The van der Waals surface area contributed by atoms with Gasteiger partial charge in [-0.15, -0.1) is 0 Å². The van der Waals surface area contributed by atoms with Crippen LogP contribution >= 0.6 is 0 Å². The molecule has 0 amide bonds. The highest BCUT2D eigenvalue weighted by Gasteiger charge is 2.47. The van der Waals surface area contributed by atoms with E-state index >= 15 is 0 Å². The summed E-state index contributed by atoms with van der Waals surface area (Å²) in [6, 6.07) is 12.0. The first-order valence-electron chi connectivity index (χ1n) is 8.75. The second-order valence-corrected chi connectivity index (χ2v) is 6.55. The number of hydrogen-bond donors (Lipinski definition) is 0. The molecule has 0 radical (unpaired) electrons. The van der Waals surface area contributed by atoms with Crippen molar-refractivity contribution in [3.05, 3.63) is 69.8 Å². The third-order valence-corrected chi connectivity index (χ3v) is 4.70. The standard InChI is InChI=1S/C22H28O3/c1-7-14-25-21(23)22(24-6,19-15(2)10-8-11-16(19)3)20-17(4)12-9-13-18(20)5/h8-13H,7,14H2,1-6H3. The lowest BCUT2D eigenvalue weighted by Crippen LogP contribution is -2.43. The van der Waals surface area contributed by atoms with Crippen LogP contribution in [0.15, 0.2) is 36.4 Å². The molecule has 0 saturated heterocycles. The van der Waals surface area contributed by atoms with Gasteiger partial charge in [0.1, 0.15) is 0 Å². The van der Waals surface area contributed by atoms with Crippen molar-refractivity contribution >= 4 is 5.97 Å². The smallest absolute Gasteiger partial charge is 0.347 e. The normalized spacial score (nSPS) is 11.4. The first-order chi connectivity index (χ1) is 11.9. The second kappa shape index (κ2) is 7.83. The Morgan fingerprint density at radius 3 is 1.60 bits per heavy atom. The molecular formula is C22H28O3. The van der Waals surface area contributed by atoms with E-state index < -0.39 is 5.60 Å². The average Bonchev–Trinajstić information content (AvgIpc) is 2.57. The van der Waals surface area contributed by atoms with E-state index in [1.54, 1.807) is 7.11 Å². The van der Waals surface area contributed by atoms with Gasteiger partial charge in [0.2, 0.25) is 5.60 Å². The highest BCUT2D eigenvalue weighted by atomic mass is 16.6. The molecule has 2 rings (SSSR count). The molecule has 0 unspecified atom stereocenters. The Kier molecular flexibility index (Phi) is 6.02. The number of esters is 1. The molecule has 0 spiro atoms. The molecule has 3 nitrogen and oxygen atoms in total. The molecule has 0 aliphatic carbocycles. The maximum atomic E-state index is 13.3. The third-order valence-electron chi connectivity index (χ3n) is 4.70. The molecule has 0 N–H and O–H groups in total. The van der Waals surface area contributed by atoms with E-state index in [0.717, 1.165) is 39.8 Å². The second-order valence-electron chi connectivity index (χ2n) is 6.55. The zero-order chi connectivity index (χ0) is 18.6. The van der Waals surface area contributed by atoms with Crippen molar-refractivity contribution in [1.82, 2.24) is 0 Å². The summed E-state index contributed by atoms with van der Waals surface area (Å²) in [6.07, 6.45) is 0.769. The van der Waals surface area contributed by atoms with Crippen molar-refractivity contribution in [2.75, 3.05) is 13.7 Å². The summed E-state index contributed by atoms with van der Waals surface area (Å²) in [5, 5.41) is 0. The van der Waals surface area contributed by atoms with Crippen LogP contribution in [0.3, 0.4) is 0 Å². The van der Waals surface area contributed by atoms with Gasteiger partial charge in [-0.3, -0.25) is 0 Å². The number of carbonyl (C=O) groups excluding carboxylic acids is 1. The lowest BCUT2D eigenvalue weighted by atomic mass is 9.77. The van der Waals surface area contributed by atoms with Crippen molar-refractivity contribution < 1.29 is 14.3 Å². The maximum Gasteiger partial charge on any atom is 0.347 e. The SMILES string of the molecule is CCCOC(=O)C(OC)(c1c(C)cccc1C)c1c(C)cccc1C. The monoisotopic (exact) mass is 340 g/mol. The largest absolute Gasteiger partial charge is 0.463 e. The Morgan fingerprint density at radius 1 is 0.880 bits per heavy atom. The first-order valence-corrected chi connectivity index (χ1v) is 8.75. The Hall–Kier alpha value is -2.13. The molecule has 0 bridgehead atoms. The minimum Gasteiger partial charge on any atom is -0.463 e. The fraction of sp³-hybridized carbons (Fsp3) is 0.409. The van der Waals surface area contributed by atoms with Gasteiger partial charge in [0.25, 0.3) is 0 Å². The van der Waals surface area contributed by atoms with Gasteiger partial charge in [-0.1, -0.05) is 43.3 Å². The molecule has 0 aromatic heterocycles. The lowest BCUT2D eigenvalue weighted by Gasteiger charge is -2.35. The number of hydrogen-bond acceptors (Lipinski definition) is 3. The van der Waals surface area contributed by atoms with Gasteiger partial charge in [-0.2, -0.15) is 0 Å². The lowest BCUT2D eigenvalue weighted by molar-refractivity contribution is -0.165. The molecule has 0 atom stereocenters. The number of benzene rings is 2. The minimum absolute atomic E-state index is 0.355. The van der Waals surface area contributed by atoms with E-state index in [9.17, 15) is 4.79 Å². The van der Waals surface area contributed by atoms with Crippen LogP contribution in [0.1, 0.15) is 46.7 Å². The Bertz CT molecular complexity index is 670. The van der Waals surface area contributed by atoms with E-state index in [-0.39, 0.29) is 5.97 Å². The predicted molar refractivity (Wildman–Crippen MR) is 101 cm³/mol. The Labute approximate surface area is 151 Å². The highest BCUT2D eigenvalue weighted by molar-refractivity contribution is 5.88. The Balaban J connectivity index is 2.86. The number of aryl methyl sites for hydroxylation is 4. The molecule has 2 aromatic rings. The van der Waals surface area contributed by atoms with Gasteiger partial charge in [0, 0.05) is 18.2 Å². The summed E-state index contributed by atoms with van der Waals surface area (Å²) in [7, 11) is 1.59. The van der Waals surface area contributed by atoms with Gasteiger partial charge >= 0.3 is 5.97 Å². The highest BCUT2D eigenvalue weighted by Crippen LogP contribution is 2.41. The van der Waals surface area contributed by atoms with Crippen LogP contribution in [-0.2, 0) is 19.9 Å². The Morgan fingerprint density at radius 2 is 1.28 bits per heavy atom. The number of methoxy groups -OCH3 is 1. The molecular weight excluding hydrogens is 312 g/mol. The van der Waals surface area contributed by atoms with Crippen LogP contribution in [0.5, 0.6) is 0 Å². The molecule has 0 aliphatic rings. The summed E-state index contributed by atoms with van der Waals surface area (Å²) >= 11 is 0. The summed E-state index contributed by atoms with van der Waals surface area (Å²) < 4.78 is 11.6. The minimum atomic E-state index is -1.26. The number of rotatable bonds is 6. The molecule has 0 saturated carbocycles. The van der Waals surface area contributed by atoms with Crippen LogP contribution in [0, 0.1) is 27.7 Å². The van der Waals surface area contributed by atoms with Crippen molar-refractivity contribution in [2.24, 2.45) is 0 Å². The molecule has 2 aromatic carbocycles. The van der Waals surface area contributed by atoms with Crippen molar-refractivity contribution in [1.29, 1.82) is 0 Å². The average molecular weight is 340 g/mol. The van der Waals surface area contributed by atoms with Crippen LogP contribution in [0.25, 0.3) is 0 Å². The summed E-state index contributed by atoms with van der Waals surface area (Å²) in [6.45, 7) is 10.4. The van der Waals surface area contributed by atoms with E-state index in [2.05, 4.69) is 0 Å². The van der Waals surface area contributed by atoms with E-state index in [0.29, 0.717) is 6.61 Å². The van der Waals surface area contributed by atoms with Crippen molar-refractivity contribution in [2.45, 2.75) is 46.6 Å². The van der Waals surface area contributed by atoms with Crippen LogP contribution in [-0.4, -0.2) is 19.7 Å². The molecule has 25 heavy (non-hydrogen) atoms. The van der Waals surface area contributed by atoms with Crippen molar-refractivity contribution in [3.8, 4) is 0 Å². The summed E-state index contributed by atoms with van der Waals surface area (Å²) in [5.74, 6) is -0.355. The van der Waals surface area contributed by atoms with Gasteiger partial charge < -0.3 is 9.47 Å². The van der Waals surface area contributed by atoms with Crippen LogP contribution in [0.2, 0.25) is 0 Å². The van der Waals surface area contributed by atoms with Crippen molar-refractivity contribution in [3.63, 3.8) is 0 Å². The topological polar surface area (TPSA) is 35.5 Å². The molecule has 134 valence electrons. The van der Waals surface area contributed by atoms with Gasteiger partial charge in [-0.05, 0) is 56.4 Å². The summed E-state index contributed by atoms with van der Waals surface area (Å²) in [5.41, 5.74) is 4.53.